The largest absolute Gasteiger partial charge is 0.493 e. The standard InChI is InChI=1S/C17H18INO4S2/c1-22-15-8-3-12(11-16(15)23-2)17-19(9-10-24-17)25(20,21)14-6-4-13(18)5-7-14/h3-8,11,17H,9-10H2,1-2H3. The minimum Gasteiger partial charge on any atom is -0.493 e. The van der Waals surface area contributed by atoms with Crippen molar-refractivity contribution in [1.82, 2.24) is 4.31 Å². The molecule has 1 fully saturated rings. The predicted molar refractivity (Wildman–Crippen MR) is 108 cm³/mol. The van der Waals surface area contributed by atoms with Gasteiger partial charge < -0.3 is 9.47 Å². The Bertz CT molecular complexity index is 855. The number of ether oxygens (including phenoxy) is 2. The number of rotatable bonds is 5. The van der Waals surface area contributed by atoms with Gasteiger partial charge in [0.25, 0.3) is 0 Å². The zero-order valence-electron chi connectivity index (χ0n) is 13.8. The Kier molecular flexibility index (Phi) is 5.81. The van der Waals surface area contributed by atoms with Gasteiger partial charge in [-0.25, -0.2) is 8.42 Å². The van der Waals surface area contributed by atoms with Crippen LogP contribution in [0.5, 0.6) is 11.5 Å². The Hall–Kier alpha value is -0.970. The molecule has 0 amide bonds. The highest BCUT2D eigenvalue weighted by Gasteiger charge is 2.37. The maximum Gasteiger partial charge on any atom is 0.244 e. The monoisotopic (exact) mass is 491 g/mol. The van der Waals surface area contributed by atoms with E-state index in [4.69, 9.17) is 9.47 Å². The maximum absolute atomic E-state index is 13.1. The first kappa shape index (κ1) is 18.8. The summed E-state index contributed by atoms with van der Waals surface area (Å²) in [5.41, 5.74) is 0.884. The molecule has 0 N–H and O–H groups in total. The fourth-order valence-electron chi connectivity index (χ4n) is 2.71. The van der Waals surface area contributed by atoms with E-state index < -0.39 is 10.0 Å². The van der Waals surface area contributed by atoms with E-state index in [9.17, 15) is 8.42 Å². The van der Waals surface area contributed by atoms with Crippen molar-refractivity contribution in [3.05, 3.63) is 51.6 Å². The fraction of sp³-hybridized carbons (Fsp3) is 0.294. The summed E-state index contributed by atoms with van der Waals surface area (Å²) < 4.78 is 39.3. The molecule has 134 valence electrons. The summed E-state index contributed by atoms with van der Waals surface area (Å²) in [5, 5.41) is -0.274. The Morgan fingerprint density at radius 3 is 2.40 bits per heavy atom. The second-order valence-electron chi connectivity index (χ2n) is 5.41. The Labute approximate surface area is 165 Å². The van der Waals surface area contributed by atoms with Crippen molar-refractivity contribution >= 4 is 44.4 Å². The first-order valence-corrected chi connectivity index (χ1v) is 11.1. The van der Waals surface area contributed by atoms with Crippen molar-refractivity contribution in [3.63, 3.8) is 0 Å². The molecular weight excluding hydrogens is 473 g/mol. The molecule has 1 aliphatic heterocycles. The summed E-state index contributed by atoms with van der Waals surface area (Å²) in [6.45, 7) is 0.484. The number of methoxy groups -OCH3 is 2. The molecule has 0 radical (unpaired) electrons. The first-order valence-electron chi connectivity index (χ1n) is 7.58. The van der Waals surface area contributed by atoms with Crippen molar-refractivity contribution in [2.45, 2.75) is 10.3 Å². The van der Waals surface area contributed by atoms with Crippen LogP contribution in [0.3, 0.4) is 0 Å². The lowest BCUT2D eigenvalue weighted by atomic mass is 10.2. The summed E-state index contributed by atoms with van der Waals surface area (Å²) in [7, 11) is -0.399. The van der Waals surface area contributed by atoms with E-state index in [-0.39, 0.29) is 5.37 Å². The van der Waals surface area contributed by atoms with Crippen molar-refractivity contribution in [1.29, 1.82) is 0 Å². The van der Waals surface area contributed by atoms with E-state index in [1.54, 1.807) is 42.4 Å². The van der Waals surface area contributed by atoms with Crippen LogP contribution in [0.2, 0.25) is 0 Å². The number of hydrogen-bond donors (Lipinski definition) is 0. The molecule has 2 aromatic rings. The Morgan fingerprint density at radius 1 is 1.08 bits per heavy atom. The minimum atomic E-state index is -3.55. The number of benzene rings is 2. The van der Waals surface area contributed by atoms with Gasteiger partial charge in [-0.1, -0.05) is 6.07 Å². The third-order valence-electron chi connectivity index (χ3n) is 3.96. The van der Waals surface area contributed by atoms with Gasteiger partial charge in [-0.15, -0.1) is 11.8 Å². The second-order valence-corrected chi connectivity index (χ2v) is 9.73. The molecule has 5 nitrogen and oxygen atoms in total. The maximum atomic E-state index is 13.1. The van der Waals surface area contributed by atoms with E-state index in [2.05, 4.69) is 22.6 Å². The first-order chi connectivity index (χ1) is 12.0. The summed E-state index contributed by atoms with van der Waals surface area (Å²) in [6.07, 6.45) is 0. The van der Waals surface area contributed by atoms with Gasteiger partial charge in [-0.05, 0) is 64.6 Å². The van der Waals surface area contributed by atoms with Crippen LogP contribution in [0.15, 0.2) is 47.4 Å². The van der Waals surface area contributed by atoms with E-state index in [1.165, 1.54) is 0 Å². The van der Waals surface area contributed by atoms with Crippen molar-refractivity contribution in [3.8, 4) is 11.5 Å². The van der Waals surface area contributed by atoms with Crippen LogP contribution in [-0.4, -0.2) is 39.2 Å². The Morgan fingerprint density at radius 2 is 1.76 bits per heavy atom. The summed E-state index contributed by atoms with van der Waals surface area (Å²) in [5.74, 6) is 1.98. The molecule has 0 saturated carbocycles. The molecule has 1 aliphatic rings. The number of hydrogen-bond acceptors (Lipinski definition) is 5. The van der Waals surface area contributed by atoms with Gasteiger partial charge in [0.1, 0.15) is 0 Å². The van der Waals surface area contributed by atoms with E-state index >= 15 is 0 Å². The molecule has 0 bridgehead atoms. The van der Waals surface area contributed by atoms with Crippen LogP contribution in [0.4, 0.5) is 0 Å². The third kappa shape index (κ3) is 3.76. The van der Waals surface area contributed by atoms with Crippen molar-refractivity contribution < 1.29 is 17.9 Å². The predicted octanol–water partition coefficient (Wildman–Crippen LogP) is 3.74. The lowest BCUT2D eigenvalue weighted by Gasteiger charge is -2.24. The highest BCUT2D eigenvalue weighted by Crippen LogP contribution is 2.43. The highest BCUT2D eigenvalue weighted by atomic mass is 127. The van der Waals surface area contributed by atoms with Crippen LogP contribution in [0.1, 0.15) is 10.9 Å². The van der Waals surface area contributed by atoms with Crippen LogP contribution >= 0.6 is 34.4 Å². The van der Waals surface area contributed by atoms with Gasteiger partial charge in [0.2, 0.25) is 10.0 Å². The highest BCUT2D eigenvalue weighted by molar-refractivity contribution is 14.1. The summed E-state index contributed by atoms with van der Waals surface area (Å²) in [4.78, 5) is 0.320. The average molecular weight is 491 g/mol. The van der Waals surface area contributed by atoms with Gasteiger partial charge in [-0.3, -0.25) is 0 Å². The molecule has 1 atom stereocenters. The van der Waals surface area contributed by atoms with Crippen molar-refractivity contribution in [2.75, 3.05) is 26.5 Å². The molecule has 2 aromatic carbocycles. The molecule has 0 spiro atoms. The van der Waals surface area contributed by atoms with Crippen LogP contribution in [-0.2, 0) is 10.0 Å². The van der Waals surface area contributed by atoms with Gasteiger partial charge in [0.15, 0.2) is 11.5 Å². The van der Waals surface area contributed by atoms with Gasteiger partial charge in [0, 0.05) is 15.9 Å². The fourth-order valence-corrected chi connectivity index (χ4v) is 6.30. The smallest absolute Gasteiger partial charge is 0.244 e. The molecule has 0 aromatic heterocycles. The molecule has 1 unspecified atom stereocenters. The number of thioether (sulfide) groups is 1. The van der Waals surface area contributed by atoms with E-state index in [0.717, 1.165) is 14.9 Å². The molecule has 3 rings (SSSR count). The number of halogens is 1. The molecule has 25 heavy (non-hydrogen) atoms. The zero-order valence-corrected chi connectivity index (χ0v) is 17.6. The zero-order chi connectivity index (χ0) is 18.0. The van der Waals surface area contributed by atoms with Crippen LogP contribution in [0, 0.1) is 3.57 Å². The minimum absolute atomic E-state index is 0.274. The van der Waals surface area contributed by atoms with Crippen LogP contribution in [0.25, 0.3) is 0 Å². The topological polar surface area (TPSA) is 55.8 Å². The molecule has 1 saturated heterocycles. The molecule has 0 aliphatic carbocycles. The average Bonchev–Trinajstić information content (AvgIpc) is 3.12. The second kappa shape index (κ2) is 7.73. The molecular formula is C17H18INO4S2. The molecule has 1 heterocycles. The van der Waals surface area contributed by atoms with Crippen molar-refractivity contribution in [2.24, 2.45) is 0 Å². The van der Waals surface area contributed by atoms with Gasteiger partial charge in [0.05, 0.1) is 24.5 Å². The number of sulfonamides is 1. The lowest BCUT2D eigenvalue weighted by Crippen LogP contribution is -2.30. The summed E-state index contributed by atoms with van der Waals surface area (Å²) >= 11 is 3.77. The van der Waals surface area contributed by atoms with E-state index in [0.29, 0.717) is 22.9 Å². The lowest BCUT2D eigenvalue weighted by molar-refractivity contribution is 0.353. The SMILES string of the molecule is COc1ccc(C2SCCN2S(=O)(=O)c2ccc(I)cc2)cc1OC. The Balaban J connectivity index is 1.96. The molecule has 8 heteroatoms. The third-order valence-corrected chi connectivity index (χ3v) is 7.95. The normalized spacial score (nSPS) is 18.3. The van der Waals surface area contributed by atoms with Gasteiger partial charge >= 0.3 is 0 Å². The number of nitrogens with zero attached hydrogens (tertiary/aromatic N) is 1. The van der Waals surface area contributed by atoms with Gasteiger partial charge in [-0.2, -0.15) is 4.31 Å². The van der Waals surface area contributed by atoms with Crippen LogP contribution < -0.4 is 9.47 Å². The van der Waals surface area contributed by atoms with E-state index in [1.807, 2.05) is 30.3 Å². The summed E-state index contributed by atoms with van der Waals surface area (Å²) in [6, 6.07) is 12.5. The quantitative estimate of drug-likeness (QED) is 0.597.